The fraction of sp³-hybridized carbons (Fsp3) is 0.600. The smallest absolute Gasteiger partial charge is 0.243 e. The minimum absolute atomic E-state index is 0.221. The summed E-state index contributed by atoms with van der Waals surface area (Å²) in [7, 11) is -1.81. The third kappa shape index (κ3) is 2.85. The molecule has 1 spiro atoms. The van der Waals surface area contributed by atoms with Gasteiger partial charge in [0.1, 0.15) is 0 Å². The van der Waals surface area contributed by atoms with Gasteiger partial charge < -0.3 is 9.47 Å². The third-order valence-electron chi connectivity index (χ3n) is 4.35. The molecule has 116 valence electrons. The largest absolute Gasteiger partial charge is 0.380 e. The van der Waals surface area contributed by atoms with Crippen LogP contribution in [0.2, 0.25) is 0 Å². The van der Waals surface area contributed by atoms with E-state index in [1.54, 1.807) is 35.7 Å². The average molecular weight is 311 g/mol. The van der Waals surface area contributed by atoms with Crippen LogP contribution < -0.4 is 0 Å². The summed E-state index contributed by atoms with van der Waals surface area (Å²) in [5, 5.41) is 0. The maximum Gasteiger partial charge on any atom is 0.243 e. The number of methoxy groups -OCH3 is 1. The molecular formula is C15H21NO4S. The van der Waals surface area contributed by atoms with Crippen LogP contribution in [-0.2, 0) is 26.1 Å². The Bertz CT molecular complexity index is 593. The molecule has 0 N–H and O–H groups in total. The molecule has 2 aliphatic rings. The standard InChI is InChI=1S/C15H21NO4S/c1-19-11-13-3-5-14(6-4-13)21(17,18)16-9-10-20-15(12-16)7-2-8-15/h3-6H,2,7-12H2,1H3. The number of hydrogen-bond donors (Lipinski definition) is 0. The number of sulfonamides is 1. The molecule has 2 fully saturated rings. The van der Waals surface area contributed by atoms with Crippen molar-refractivity contribution in [3.05, 3.63) is 29.8 Å². The molecule has 1 aliphatic carbocycles. The highest BCUT2D eigenvalue weighted by Gasteiger charge is 2.45. The fourth-order valence-corrected chi connectivity index (χ4v) is 4.46. The first-order chi connectivity index (χ1) is 10.1. The van der Waals surface area contributed by atoms with E-state index in [1.165, 1.54) is 0 Å². The number of benzene rings is 1. The SMILES string of the molecule is COCc1ccc(S(=O)(=O)N2CCOC3(CCC3)C2)cc1. The van der Waals surface area contributed by atoms with Gasteiger partial charge in [0.15, 0.2) is 0 Å². The highest BCUT2D eigenvalue weighted by atomic mass is 32.2. The second-order valence-corrected chi connectivity index (χ2v) is 7.74. The van der Waals surface area contributed by atoms with E-state index in [0.717, 1.165) is 24.8 Å². The summed E-state index contributed by atoms with van der Waals surface area (Å²) in [5.74, 6) is 0. The minimum atomic E-state index is -3.43. The molecular weight excluding hydrogens is 290 g/mol. The van der Waals surface area contributed by atoms with Crippen molar-refractivity contribution in [3.63, 3.8) is 0 Å². The summed E-state index contributed by atoms with van der Waals surface area (Å²) >= 11 is 0. The second kappa shape index (κ2) is 5.68. The molecule has 3 rings (SSSR count). The van der Waals surface area contributed by atoms with E-state index < -0.39 is 10.0 Å². The molecule has 1 saturated heterocycles. The van der Waals surface area contributed by atoms with Crippen LogP contribution in [-0.4, -0.2) is 45.1 Å². The van der Waals surface area contributed by atoms with Gasteiger partial charge in [-0.25, -0.2) is 8.42 Å². The summed E-state index contributed by atoms with van der Waals surface area (Å²) in [6.45, 7) is 1.89. The van der Waals surface area contributed by atoms with E-state index in [0.29, 0.717) is 31.2 Å². The molecule has 0 bridgehead atoms. The molecule has 0 amide bonds. The normalized spacial score (nSPS) is 22.1. The van der Waals surface area contributed by atoms with Crippen molar-refractivity contribution in [2.75, 3.05) is 26.8 Å². The predicted molar refractivity (Wildman–Crippen MR) is 78.4 cm³/mol. The lowest BCUT2D eigenvalue weighted by Gasteiger charge is -2.47. The van der Waals surface area contributed by atoms with E-state index >= 15 is 0 Å². The Morgan fingerprint density at radius 3 is 2.57 bits per heavy atom. The Kier molecular flexibility index (Phi) is 4.05. The zero-order valence-electron chi connectivity index (χ0n) is 12.2. The number of ether oxygens (including phenoxy) is 2. The van der Waals surface area contributed by atoms with Crippen LogP contribution in [0, 0.1) is 0 Å². The number of rotatable bonds is 4. The molecule has 1 heterocycles. The van der Waals surface area contributed by atoms with Gasteiger partial charge in [-0.1, -0.05) is 12.1 Å². The van der Waals surface area contributed by atoms with E-state index in [-0.39, 0.29) is 5.60 Å². The number of hydrogen-bond acceptors (Lipinski definition) is 4. The first-order valence-electron chi connectivity index (χ1n) is 7.28. The Balaban J connectivity index is 1.79. The molecule has 0 atom stereocenters. The van der Waals surface area contributed by atoms with Gasteiger partial charge in [-0.05, 0) is 37.0 Å². The summed E-state index contributed by atoms with van der Waals surface area (Å²) < 4.78 is 37.9. The van der Waals surface area contributed by atoms with Crippen LogP contribution in [0.25, 0.3) is 0 Å². The van der Waals surface area contributed by atoms with Gasteiger partial charge >= 0.3 is 0 Å². The second-order valence-electron chi connectivity index (χ2n) is 5.80. The lowest BCUT2D eigenvalue weighted by Crippen LogP contribution is -2.56. The van der Waals surface area contributed by atoms with Crippen molar-refractivity contribution in [3.8, 4) is 0 Å². The zero-order chi connectivity index (χ0) is 14.9. The van der Waals surface area contributed by atoms with Gasteiger partial charge in [0.25, 0.3) is 0 Å². The van der Waals surface area contributed by atoms with Crippen molar-refractivity contribution in [2.24, 2.45) is 0 Å². The highest BCUT2D eigenvalue weighted by Crippen LogP contribution is 2.39. The molecule has 0 aromatic heterocycles. The Morgan fingerprint density at radius 2 is 2.00 bits per heavy atom. The quantitative estimate of drug-likeness (QED) is 0.850. The van der Waals surface area contributed by atoms with E-state index in [2.05, 4.69) is 0 Å². The van der Waals surface area contributed by atoms with Crippen molar-refractivity contribution in [2.45, 2.75) is 36.4 Å². The van der Waals surface area contributed by atoms with E-state index in [9.17, 15) is 8.42 Å². The Morgan fingerprint density at radius 1 is 1.29 bits per heavy atom. The average Bonchev–Trinajstić information content (AvgIpc) is 2.47. The van der Waals surface area contributed by atoms with Crippen LogP contribution in [0.1, 0.15) is 24.8 Å². The summed E-state index contributed by atoms with van der Waals surface area (Å²) in [5.41, 5.74) is 0.746. The van der Waals surface area contributed by atoms with Crippen molar-refractivity contribution in [1.29, 1.82) is 0 Å². The van der Waals surface area contributed by atoms with E-state index in [4.69, 9.17) is 9.47 Å². The maximum absolute atomic E-state index is 12.7. The molecule has 21 heavy (non-hydrogen) atoms. The van der Waals surface area contributed by atoms with Crippen molar-refractivity contribution in [1.82, 2.24) is 4.31 Å². The van der Waals surface area contributed by atoms with Gasteiger partial charge in [-0.3, -0.25) is 0 Å². The molecule has 0 unspecified atom stereocenters. The van der Waals surface area contributed by atoms with Gasteiger partial charge in [0.05, 0.1) is 23.7 Å². The predicted octanol–water partition coefficient (Wildman–Crippen LogP) is 1.78. The molecule has 1 aliphatic heterocycles. The van der Waals surface area contributed by atoms with Gasteiger partial charge in [-0.15, -0.1) is 0 Å². The fourth-order valence-electron chi connectivity index (χ4n) is 2.96. The van der Waals surface area contributed by atoms with Crippen LogP contribution in [0.15, 0.2) is 29.2 Å². The maximum atomic E-state index is 12.7. The molecule has 1 aromatic carbocycles. The van der Waals surface area contributed by atoms with Crippen molar-refractivity contribution < 1.29 is 17.9 Å². The zero-order valence-corrected chi connectivity index (χ0v) is 13.1. The van der Waals surface area contributed by atoms with E-state index in [1.807, 2.05) is 0 Å². The Hall–Kier alpha value is -0.950. The molecule has 6 heteroatoms. The first-order valence-corrected chi connectivity index (χ1v) is 8.72. The summed E-state index contributed by atoms with van der Waals surface area (Å²) in [4.78, 5) is 0.346. The van der Waals surface area contributed by atoms with Crippen LogP contribution >= 0.6 is 0 Å². The summed E-state index contributed by atoms with van der Waals surface area (Å²) in [6, 6.07) is 6.92. The van der Waals surface area contributed by atoms with Gasteiger partial charge in [-0.2, -0.15) is 4.31 Å². The van der Waals surface area contributed by atoms with Crippen LogP contribution in [0.5, 0.6) is 0 Å². The number of nitrogens with zero attached hydrogens (tertiary/aromatic N) is 1. The number of morpholine rings is 1. The highest BCUT2D eigenvalue weighted by molar-refractivity contribution is 7.89. The van der Waals surface area contributed by atoms with Crippen LogP contribution in [0.3, 0.4) is 0 Å². The van der Waals surface area contributed by atoms with Gasteiger partial charge in [0, 0.05) is 20.2 Å². The van der Waals surface area contributed by atoms with Crippen LogP contribution in [0.4, 0.5) is 0 Å². The first kappa shape index (κ1) is 15.0. The lowest BCUT2D eigenvalue weighted by molar-refractivity contribution is -0.135. The topological polar surface area (TPSA) is 55.8 Å². The molecule has 5 nitrogen and oxygen atoms in total. The van der Waals surface area contributed by atoms with Gasteiger partial charge in [0.2, 0.25) is 10.0 Å². The monoisotopic (exact) mass is 311 g/mol. The third-order valence-corrected chi connectivity index (χ3v) is 6.21. The molecule has 1 saturated carbocycles. The Labute approximate surface area is 125 Å². The lowest BCUT2D eigenvalue weighted by atomic mass is 9.79. The molecule has 0 radical (unpaired) electrons. The minimum Gasteiger partial charge on any atom is -0.380 e. The summed E-state index contributed by atoms with van der Waals surface area (Å²) in [6.07, 6.45) is 3.05. The van der Waals surface area contributed by atoms with Crippen molar-refractivity contribution >= 4 is 10.0 Å². The molecule has 1 aromatic rings.